The fraction of sp³-hybridized carbons (Fsp3) is 0.286. The first-order valence-electron chi connectivity index (χ1n) is 6.75. The third-order valence-corrected chi connectivity index (χ3v) is 5.56. The second kappa shape index (κ2) is 5.06. The van der Waals surface area contributed by atoms with Crippen LogP contribution in [-0.2, 0) is 12.8 Å². The van der Waals surface area contributed by atoms with E-state index in [4.69, 9.17) is 4.98 Å². The third kappa shape index (κ3) is 2.07. The average molecular weight is 313 g/mol. The zero-order valence-corrected chi connectivity index (χ0v) is 12.7. The van der Waals surface area contributed by atoms with Crippen molar-refractivity contribution < 1.29 is 0 Å². The number of rotatable bonds is 2. The molecule has 3 aromatic heterocycles. The smallest absolute Gasteiger partial charge is 0.212 e. The Morgan fingerprint density at radius 2 is 2.19 bits per heavy atom. The third-order valence-electron chi connectivity index (χ3n) is 3.55. The summed E-state index contributed by atoms with van der Waals surface area (Å²) in [5.41, 5.74) is 2.29. The van der Waals surface area contributed by atoms with E-state index in [9.17, 15) is 5.26 Å². The van der Waals surface area contributed by atoms with Crippen LogP contribution < -0.4 is 0 Å². The summed E-state index contributed by atoms with van der Waals surface area (Å²) in [6.07, 6.45) is 4.57. The SMILES string of the molecule is N#Cc1nnn(-c2nc3c(s2)CCCC3)c1-c1cccs1. The van der Waals surface area contributed by atoms with Gasteiger partial charge in [-0.2, -0.15) is 9.94 Å². The Hall–Kier alpha value is -2.04. The Bertz CT molecular complexity index is 799. The highest BCUT2D eigenvalue weighted by Crippen LogP contribution is 2.33. The Morgan fingerprint density at radius 3 is 2.95 bits per heavy atom. The van der Waals surface area contributed by atoms with E-state index in [2.05, 4.69) is 16.4 Å². The molecule has 3 aromatic rings. The molecular formula is C14H11N5S2. The van der Waals surface area contributed by atoms with Crippen molar-refractivity contribution in [2.75, 3.05) is 0 Å². The number of nitrogens with zero attached hydrogens (tertiary/aromatic N) is 5. The van der Waals surface area contributed by atoms with Gasteiger partial charge < -0.3 is 0 Å². The zero-order chi connectivity index (χ0) is 14.2. The van der Waals surface area contributed by atoms with Crippen LogP contribution in [0.3, 0.4) is 0 Å². The Balaban J connectivity index is 1.88. The number of hydrogen-bond acceptors (Lipinski definition) is 6. The van der Waals surface area contributed by atoms with Gasteiger partial charge in [-0.15, -0.1) is 16.4 Å². The average Bonchev–Trinajstić information content (AvgIpc) is 3.23. The molecule has 0 saturated carbocycles. The van der Waals surface area contributed by atoms with Crippen LogP contribution in [0.2, 0.25) is 0 Å². The highest BCUT2D eigenvalue weighted by atomic mass is 32.1. The number of fused-ring (bicyclic) bond motifs is 1. The van der Waals surface area contributed by atoms with E-state index >= 15 is 0 Å². The number of aromatic nitrogens is 4. The fourth-order valence-corrected chi connectivity index (χ4v) is 4.41. The topological polar surface area (TPSA) is 67.4 Å². The molecule has 1 aliphatic rings. The van der Waals surface area contributed by atoms with Crippen LogP contribution in [0, 0.1) is 11.3 Å². The van der Waals surface area contributed by atoms with Crippen molar-refractivity contribution in [3.05, 3.63) is 33.8 Å². The van der Waals surface area contributed by atoms with Crippen LogP contribution in [-0.4, -0.2) is 20.0 Å². The monoisotopic (exact) mass is 313 g/mol. The van der Waals surface area contributed by atoms with Gasteiger partial charge in [0, 0.05) is 4.88 Å². The molecule has 0 amide bonds. The summed E-state index contributed by atoms with van der Waals surface area (Å²) >= 11 is 3.25. The normalized spacial score (nSPS) is 13.9. The van der Waals surface area contributed by atoms with Crippen LogP contribution in [0.25, 0.3) is 15.7 Å². The van der Waals surface area contributed by atoms with E-state index < -0.39 is 0 Å². The molecule has 0 atom stereocenters. The predicted molar refractivity (Wildman–Crippen MR) is 81.7 cm³/mol. The predicted octanol–water partition coefficient (Wildman–Crippen LogP) is 3.20. The van der Waals surface area contributed by atoms with Crippen LogP contribution >= 0.6 is 22.7 Å². The van der Waals surface area contributed by atoms with Gasteiger partial charge in [-0.25, -0.2) is 4.98 Å². The van der Waals surface area contributed by atoms with Gasteiger partial charge in [-0.05, 0) is 37.1 Å². The lowest BCUT2D eigenvalue weighted by Gasteiger charge is -2.06. The minimum absolute atomic E-state index is 0.352. The molecule has 0 aromatic carbocycles. The van der Waals surface area contributed by atoms with Crippen molar-refractivity contribution in [3.63, 3.8) is 0 Å². The second-order valence-electron chi connectivity index (χ2n) is 4.86. The van der Waals surface area contributed by atoms with Gasteiger partial charge in [0.1, 0.15) is 11.8 Å². The summed E-state index contributed by atoms with van der Waals surface area (Å²) in [6, 6.07) is 6.07. The van der Waals surface area contributed by atoms with Crippen molar-refractivity contribution >= 4 is 22.7 Å². The molecular weight excluding hydrogens is 302 g/mol. The van der Waals surface area contributed by atoms with Crippen LogP contribution in [0.1, 0.15) is 29.1 Å². The number of nitriles is 1. The minimum Gasteiger partial charge on any atom is -0.223 e. The van der Waals surface area contributed by atoms with Gasteiger partial charge in [-0.3, -0.25) is 0 Å². The van der Waals surface area contributed by atoms with Gasteiger partial charge >= 0.3 is 0 Å². The van der Waals surface area contributed by atoms with Crippen molar-refractivity contribution in [3.8, 4) is 21.8 Å². The summed E-state index contributed by atoms with van der Waals surface area (Å²) in [5, 5.41) is 20.2. The molecule has 0 spiro atoms. The number of thiazole rings is 1. The number of aryl methyl sites for hydroxylation is 2. The second-order valence-corrected chi connectivity index (χ2v) is 6.87. The molecule has 0 unspecified atom stereocenters. The highest BCUT2D eigenvalue weighted by Gasteiger charge is 2.22. The van der Waals surface area contributed by atoms with E-state index in [0.29, 0.717) is 5.69 Å². The highest BCUT2D eigenvalue weighted by molar-refractivity contribution is 7.14. The summed E-state index contributed by atoms with van der Waals surface area (Å²) in [6.45, 7) is 0. The molecule has 3 heterocycles. The number of thiophene rings is 1. The lowest BCUT2D eigenvalue weighted by atomic mass is 10.0. The molecule has 4 rings (SSSR count). The van der Waals surface area contributed by atoms with E-state index in [0.717, 1.165) is 28.5 Å². The molecule has 104 valence electrons. The van der Waals surface area contributed by atoms with E-state index in [1.54, 1.807) is 27.4 Å². The van der Waals surface area contributed by atoms with Crippen molar-refractivity contribution in [1.29, 1.82) is 5.26 Å². The molecule has 0 fully saturated rings. The van der Waals surface area contributed by atoms with Gasteiger partial charge in [-0.1, -0.05) is 22.6 Å². The Kier molecular flexibility index (Phi) is 3.05. The van der Waals surface area contributed by atoms with Crippen LogP contribution in [0.5, 0.6) is 0 Å². The zero-order valence-electron chi connectivity index (χ0n) is 11.1. The molecule has 0 saturated heterocycles. The molecule has 0 aliphatic heterocycles. The van der Waals surface area contributed by atoms with Gasteiger partial charge in [0.15, 0.2) is 5.69 Å². The first kappa shape index (κ1) is 12.7. The maximum absolute atomic E-state index is 9.26. The summed E-state index contributed by atoms with van der Waals surface area (Å²) in [7, 11) is 0. The van der Waals surface area contributed by atoms with Crippen molar-refractivity contribution in [2.24, 2.45) is 0 Å². The number of hydrogen-bond donors (Lipinski definition) is 0. The molecule has 21 heavy (non-hydrogen) atoms. The molecule has 7 heteroatoms. The van der Waals surface area contributed by atoms with Gasteiger partial charge in [0.05, 0.1) is 10.6 Å². The maximum Gasteiger partial charge on any atom is 0.212 e. The molecule has 0 bridgehead atoms. The quantitative estimate of drug-likeness (QED) is 0.728. The first-order chi connectivity index (χ1) is 10.4. The molecule has 1 aliphatic carbocycles. The first-order valence-corrected chi connectivity index (χ1v) is 8.45. The summed E-state index contributed by atoms with van der Waals surface area (Å²) in [4.78, 5) is 7.05. The fourth-order valence-electron chi connectivity index (χ4n) is 2.55. The van der Waals surface area contributed by atoms with Gasteiger partial charge in [0.2, 0.25) is 5.13 Å². The summed E-state index contributed by atoms with van der Waals surface area (Å²) in [5.74, 6) is 0. The Morgan fingerprint density at radius 1 is 1.29 bits per heavy atom. The van der Waals surface area contributed by atoms with Gasteiger partial charge in [0.25, 0.3) is 0 Å². The minimum atomic E-state index is 0.352. The van der Waals surface area contributed by atoms with Crippen molar-refractivity contribution in [2.45, 2.75) is 25.7 Å². The van der Waals surface area contributed by atoms with E-state index in [1.165, 1.54) is 23.4 Å². The molecule has 5 nitrogen and oxygen atoms in total. The lowest BCUT2D eigenvalue weighted by molar-refractivity contribution is 0.679. The van der Waals surface area contributed by atoms with E-state index in [-0.39, 0.29) is 0 Å². The summed E-state index contributed by atoms with van der Waals surface area (Å²) < 4.78 is 1.72. The van der Waals surface area contributed by atoms with E-state index in [1.807, 2.05) is 17.5 Å². The molecule has 0 radical (unpaired) electrons. The largest absolute Gasteiger partial charge is 0.223 e. The van der Waals surface area contributed by atoms with Crippen molar-refractivity contribution in [1.82, 2.24) is 20.0 Å². The van der Waals surface area contributed by atoms with Crippen LogP contribution in [0.4, 0.5) is 0 Å². The Labute approximate surface area is 129 Å². The van der Waals surface area contributed by atoms with Crippen LogP contribution in [0.15, 0.2) is 17.5 Å². The standard InChI is InChI=1S/C14H11N5S2/c15-8-10-13(12-6-3-7-20-12)19(18-17-10)14-16-9-4-1-2-5-11(9)21-14/h3,6-7H,1-2,4-5H2. The maximum atomic E-state index is 9.26. The lowest BCUT2D eigenvalue weighted by Crippen LogP contribution is -2.01. The molecule has 0 N–H and O–H groups in total.